The molecule has 1 fully saturated rings. The number of allylic oxidation sites excluding steroid dienone is 1. The smallest absolute Gasteiger partial charge is 0.321 e. The van der Waals surface area contributed by atoms with Crippen LogP contribution in [0.5, 0.6) is 0 Å². The van der Waals surface area contributed by atoms with Crippen molar-refractivity contribution in [2.24, 2.45) is 5.41 Å². The summed E-state index contributed by atoms with van der Waals surface area (Å²) in [6, 6.07) is 3.65. The fraction of sp³-hybridized carbons (Fsp3) is 0.423. The van der Waals surface area contributed by atoms with E-state index in [4.69, 9.17) is 4.84 Å². The molecule has 4 rings (SSSR count). The molecule has 0 atom stereocenters. The molecular formula is C26H33N7O4S. The van der Waals surface area contributed by atoms with Crippen LogP contribution in [-0.2, 0) is 9.63 Å². The number of carboxylic acids is 1. The lowest BCUT2D eigenvalue weighted by molar-refractivity contribution is -0.150. The zero-order chi connectivity index (χ0) is 27.3. The summed E-state index contributed by atoms with van der Waals surface area (Å²) in [5.74, 6) is -0.139. The average Bonchev–Trinajstić information content (AvgIpc) is 3.33. The molecule has 2 aromatic heterocycles. The van der Waals surface area contributed by atoms with Crippen LogP contribution >= 0.6 is 11.3 Å². The largest absolute Gasteiger partial charge is 0.481 e. The van der Waals surface area contributed by atoms with Gasteiger partial charge in [-0.05, 0) is 50.8 Å². The Hall–Kier alpha value is -3.77. The number of urea groups is 1. The molecule has 11 nitrogen and oxygen atoms in total. The van der Waals surface area contributed by atoms with Gasteiger partial charge in [-0.1, -0.05) is 24.3 Å². The highest BCUT2D eigenvalue weighted by atomic mass is 32.1. The van der Waals surface area contributed by atoms with Crippen molar-refractivity contribution in [2.45, 2.75) is 40.0 Å². The lowest BCUT2D eigenvalue weighted by Gasteiger charge is -2.38. The van der Waals surface area contributed by atoms with Gasteiger partial charge in [0.2, 0.25) is 5.95 Å². The highest BCUT2D eigenvalue weighted by molar-refractivity contribution is 7.22. The molecule has 0 bridgehead atoms. The fourth-order valence-corrected chi connectivity index (χ4v) is 5.59. The third-order valence-corrected chi connectivity index (χ3v) is 7.96. The number of anilines is 2. The Morgan fingerprint density at radius 2 is 1.89 bits per heavy atom. The number of aromatic nitrogens is 3. The van der Waals surface area contributed by atoms with Crippen molar-refractivity contribution in [1.29, 1.82) is 0 Å². The molecule has 3 heterocycles. The minimum atomic E-state index is -0.725. The predicted octanol–water partition coefficient (Wildman–Crippen LogP) is 4.49. The Kier molecular flexibility index (Phi) is 8.42. The van der Waals surface area contributed by atoms with Gasteiger partial charge < -0.3 is 15.3 Å². The van der Waals surface area contributed by atoms with Crippen LogP contribution in [0.1, 0.15) is 45.6 Å². The van der Waals surface area contributed by atoms with Crippen molar-refractivity contribution < 1.29 is 19.5 Å². The second-order valence-corrected chi connectivity index (χ2v) is 10.1. The van der Waals surface area contributed by atoms with Crippen LogP contribution in [0.15, 0.2) is 30.6 Å². The number of fused-ring (bicyclic) bond motifs is 1. The minimum Gasteiger partial charge on any atom is -0.481 e. The maximum Gasteiger partial charge on any atom is 0.321 e. The van der Waals surface area contributed by atoms with Crippen LogP contribution in [0.4, 0.5) is 15.9 Å². The lowest BCUT2D eigenvalue weighted by Crippen LogP contribution is -2.44. The van der Waals surface area contributed by atoms with Crippen LogP contribution in [0.2, 0.25) is 0 Å². The van der Waals surface area contributed by atoms with Gasteiger partial charge in [0.25, 0.3) is 0 Å². The highest BCUT2D eigenvalue weighted by Crippen LogP contribution is 2.38. The summed E-state index contributed by atoms with van der Waals surface area (Å²) in [6.07, 6.45) is 7.20. The summed E-state index contributed by atoms with van der Waals surface area (Å²) in [6.45, 7) is 7.40. The molecule has 0 unspecified atom stereocenters. The van der Waals surface area contributed by atoms with E-state index in [0.717, 1.165) is 32.6 Å². The standard InChI is InChI=1S/C26H33N7O4S/c1-5-19(32-37-4)18-12-16(13-20-21(18)38-25(30-20)31-24(36)27-7-3)17-14-28-23(29-15-17)33-10-8-26(6-2,9-11-33)22(34)35/h5,12-15,32H,6-11H2,1-4H3,(H,34,35)(H2,27,30,31,36)/b19-5-. The molecule has 12 heteroatoms. The topological polar surface area (TPSA) is 142 Å². The van der Waals surface area contributed by atoms with E-state index in [1.54, 1.807) is 19.5 Å². The molecule has 202 valence electrons. The number of hydrogen-bond acceptors (Lipinski definition) is 9. The van der Waals surface area contributed by atoms with Crippen LogP contribution in [0.25, 0.3) is 27.0 Å². The van der Waals surface area contributed by atoms with E-state index in [2.05, 4.69) is 31.1 Å². The Bertz CT molecular complexity index is 1330. The number of hydroxylamine groups is 1. The van der Waals surface area contributed by atoms with Gasteiger partial charge in [0.1, 0.15) is 0 Å². The van der Waals surface area contributed by atoms with E-state index in [-0.39, 0.29) is 6.03 Å². The number of aliphatic carboxylic acids is 1. The fourth-order valence-electron chi connectivity index (χ4n) is 4.62. The van der Waals surface area contributed by atoms with Crippen molar-refractivity contribution in [3.63, 3.8) is 0 Å². The first-order valence-corrected chi connectivity index (χ1v) is 13.4. The number of carboxylic acid groups (broad SMARTS) is 1. The number of nitrogens with one attached hydrogen (secondary N) is 3. The average molecular weight is 540 g/mol. The maximum absolute atomic E-state index is 12.1. The summed E-state index contributed by atoms with van der Waals surface area (Å²) in [7, 11) is 1.55. The zero-order valence-electron chi connectivity index (χ0n) is 22.0. The second-order valence-electron chi connectivity index (χ2n) is 9.08. The number of carbonyl (C=O) groups excluding carboxylic acids is 1. The number of rotatable bonds is 9. The van der Waals surface area contributed by atoms with Crippen LogP contribution in [0, 0.1) is 5.41 Å². The summed E-state index contributed by atoms with van der Waals surface area (Å²) in [4.78, 5) is 44.9. The predicted molar refractivity (Wildman–Crippen MR) is 149 cm³/mol. The number of carbonyl (C=O) groups is 2. The zero-order valence-corrected chi connectivity index (χ0v) is 22.8. The summed E-state index contributed by atoms with van der Waals surface area (Å²) < 4.78 is 0.891. The molecule has 1 aliphatic heterocycles. The monoisotopic (exact) mass is 539 g/mol. The number of piperidine rings is 1. The van der Waals surface area contributed by atoms with Crippen LogP contribution in [-0.4, -0.2) is 58.8 Å². The summed E-state index contributed by atoms with van der Waals surface area (Å²) in [5, 5.41) is 15.7. The summed E-state index contributed by atoms with van der Waals surface area (Å²) in [5.41, 5.74) is 6.27. The van der Waals surface area contributed by atoms with Crippen LogP contribution in [0.3, 0.4) is 0 Å². The molecule has 0 aliphatic carbocycles. The molecule has 1 saturated heterocycles. The molecule has 0 radical (unpaired) electrons. The third kappa shape index (κ3) is 5.55. The van der Waals surface area contributed by atoms with E-state index >= 15 is 0 Å². The molecule has 38 heavy (non-hydrogen) atoms. The molecule has 4 N–H and O–H groups in total. The van der Waals surface area contributed by atoms with E-state index < -0.39 is 11.4 Å². The summed E-state index contributed by atoms with van der Waals surface area (Å²) >= 11 is 1.38. The van der Waals surface area contributed by atoms with Gasteiger partial charge in [0, 0.05) is 43.2 Å². The van der Waals surface area contributed by atoms with Crippen molar-refractivity contribution >= 4 is 50.3 Å². The van der Waals surface area contributed by atoms with E-state index in [1.807, 2.05) is 43.9 Å². The Labute approximate surface area is 225 Å². The lowest BCUT2D eigenvalue weighted by atomic mass is 9.76. The molecule has 1 aliphatic rings. The maximum atomic E-state index is 12.1. The molecule has 1 aromatic carbocycles. The Morgan fingerprint density at radius 3 is 2.47 bits per heavy atom. The SMILES string of the molecule is C/C=C(\NOC)c1cc(-c2cnc(N3CCC(CC)(C(=O)O)CC3)nc2)cc2nc(NC(=O)NCC)sc12. The van der Waals surface area contributed by atoms with Crippen molar-refractivity contribution in [3.8, 4) is 11.1 Å². The van der Waals surface area contributed by atoms with Gasteiger partial charge in [-0.3, -0.25) is 20.4 Å². The van der Waals surface area contributed by atoms with Gasteiger partial charge in [0.15, 0.2) is 5.13 Å². The number of thiazole rings is 1. The molecular weight excluding hydrogens is 506 g/mol. The number of hydrogen-bond donors (Lipinski definition) is 4. The van der Waals surface area contributed by atoms with Crippen molar-refractivity contribution in [3.05, 3.63) is 36.2 Å². The number of amides is 2. The van der Waals surface area contributed by atoms with Gasteiger partial charge >= 0.3 is 12.0 Å². The first-order valence-electron chi connectivity index (χ1n) is 12.6. The van der Waals surface area contributed by atoms with Gasteiger partial charge in [0.05, 0.1) is 28.4 Å². The van der Waals surface area contributed by atoms with Crippen LogP contribution < -0.4 is 21.0 Å². The van der Waals surface area contributed by atoms with E-state index in [0.29, 0.717) is 50.0 Å². The number of benzene rings is 1. The van der Waals surface area contributed by atoms with Crippen molar-refractivity contribution in [1.82, 2.24) is 25.7 Å². The molecule has 3 aromatic rings. The molecule has 0 saturated carbocycles. The van der Waals surface area contributed by atoms with Gasteiger partial charge in [-0.15, -0.1) is 0 Å². The number of nitrogens with zero attached hydrogens (tertiary/aromatic N) is 4. The van der Waals surface area contributed by atoms with Crippen molar-refractivity contribution in [2.75, 3.05) is 37.0 Å². The Balaban J connectivity index is 1.64. The second kappa shape index (κ2) is 11.7. The first kappa shape index (κ1) is 27.3. The van der Waals surface area contributed by atoms with Gasteiger partial charge in [-0.2, -0.15) is 0 Å². The molecule has 0 spiro atoms. The minimum absolute atomic E-state index is 0.309. The normalized spacial score (nSPS) is 15.4. The Morgan fingerprint density at radius 1 is 1.18 bits per heavy atom. The quantitative estimate of drug-likeness (QED) is 0.289. The first-order chi connectivity index (χ1) is 18.3. The third-order valence-electron chi connectivity index (χ3n) is 6.94. The molecule has 2 amide bonds. The highest BCUT2D eigenvalue weighted by Gasteiger charge is 2.40. The van der Waals surface area contributed by atoms with Gasteiger partial charge in [-0.25, -0.2) is 19.7 Å². The van der Waals surface area contributed by atoms with E-state index in [9.17, 15) is 14.7 Å². The van der Waals surface area contributed by atoms with E-state index in [1.165, 1.54) is 11.3 Å².